The van der Waals surface area contributed by atoms with Crippen LogP contribution in [0.3, 0.4) is 0 Å². The van der Waals surface area contributed by atoms with Crippen molar-refractivity contribution in [2.75, 3.05) is 0 Å². The third-order valence-corrected chi connectivity index (χ3v) is 3.36. The third kappa shape index (κ3) is 2.20. The maximum absolute atomic E-state index is 12.0. The van der Waals surface area contributed by atoms with Gasteiger partial charge in [0.2, 0.25) is 0 Å². The quantitative estimate of drug-likeness (QED) is 0.734. The van der Waals surface area contributed by atoms with Crippen molar-refractivity contribution in [2.24, 2.45) is 0 Å². The Morgan fingerprint density at radius 3 is 2.95 bits per heavy atom. The number of hydrogen-bond acceptors (Lipinski definition) is 4. The van der Waals surface area contributed by atoms with E-state index in [9.17, 15) is 9.59 Å². The van der Waals surface area contributed by atoms with E-state index in [1.807, 2.05) is 11.5 Å². The lowest BCUT2D eigenvalue weighted by molar-refractivity contribution is 0.0697. The first kappa shape index (κ1) is 13.1. The molecule has 0 radical (unpaired) electrons. The van der Waals surface area contributed by atoms with Crippen LogP contribution in [0, 0.1) is 0 Å². The molecular formula is C13H13N5O3. The standard InChI is InChI=1S/C13H13N5O3/c1-2-17-7-14-16-11(17)6-18-10-4-3-8(12(19)20)5-9(10)15-13(18)21/h3-5,7H,2,6H2,1H3,(H,15,21)(H,19,20). The number of nitrogens with zero attached hydrogens (tertiary/aromatic N) is 4. The number of fused-ring (bicyclic) bond motifs is 1. The molecule has 8 nitrogen and oxygen atoms in total. The van der Waals surface area contributed by atoms with Crippen molar-refractivity contribution in [1.82, 2.24) is 24.3 Å². The number of rotatable bonds is 4. The van der Waals surface area contributed by atoms with Crippen molar-refractivity contribution in [1.29, 1.82) is 0 Å². The van der Waals surface area contributed by atoms with Crippen LogP contribution in [0.1, 0.15) is 23.1 Å². The highest BCUT2D eigenvalue weighted by molar-refractivity contribution is 5.92. The van der Waals surface area contributed by atoms with E-state index in [1.165, 1.54) is 16.7 Å². The molecular weight excluding hydrogens is 274 g/mol. The fourth-order valence-corrected chi connectivity index (χ4v) is 2.26. The Kier molecular flexibility index (Phi) is 3.05. The molecule has 0 spiro atoms. The van der Waals surface area contributed by atoms with E-state index in [0.29, 0.717) is 23.4 Å². The number of carbonyl (C=O) groups is 1. The summed E-state index contributed by atoms with van der Waals surface area (Å²) < 4.78 is 3.36. The number of aryl methyl sites for hydroxylation is 1. The van der Waals surface area contributed by atoms with Crippen LogP contribution in [0.25, 0.3) is 11.0 Å². The normalized spacial score (nSPS) is 11.1. The first-order valence-corrected chi connectivity index (χ1v) is 6.42. The van der Waals surface area contributed by atoms with E-state index in [2.05, 4.69) is 15.2 Å². The zero-order chi connectivity index (χ0) is 15.0. The maximum atomic E-state index is 12.0. The van der Waals surface area contributed by atoms with E-state index in [1.54, 1.807) is 12.4 Å². The van der Waals surface area contributed by atoms with Crippen molar-refractivity contribution in [3.8, 4) is 0 Å². The van der Waals surface area contributed by atoms with Crippen LogP contribution in [0.2, 0.25) is 0 Å². The highest BCUT2D eigenvalue weighted by Gasteiger charge is 2.12. The van der Waals surface area contributed by atoms with Gasteiger partial charge < -0.3 is 14.7 Å². The van der Waals surface area contributed by atoms with Gasteiger partial charge in [-0.25, -0.2) is 9.59 Å². The molecule has 0 atom stereocenters. The molecule has 0 unspecified atom stereocenters. The number of aromatic carboxylic acids is 1. The van der Waals surface area contributed by atoms with Gasteiger partial charge in [-0.3, -0.25) is 4.57 Å². The van der Waals surface area contributed by atoms with Gasteiger partial charge in [-0.2, -0.15) is 0 Å². The lowest BCUT2D eigenvalue weighted by Gasteiger charge is -2.04. The van der Waals surface area contributed by atoms with Gasteiger partial charge in [0.25, 0.3) is 0 Å². The predicted molar refractivity (Wildman–Crippen MR) is 74.3 cm³/mol. The van der Waals surface area contributed by atoms with Crippen LogP contribution < -0.4 is 5.69 Å². The summed E-state index contributed by atoms with van der Waals surface area (Å²) >= 11 is 0. The minimum Gasteiger partial charge on any atom is -0.478 e. The van der Waals surface area contributed by atoms with E-state index in [-0.39, 0.29) is 17.8 Å². The second kappa shape index (κ2) is 4.89. The second-order valence-corrected chi connectivity index (χ2v) is 4.59. The molecule has 2 heterocycles. The van der Waals surface area contributed by atoms with Gasteiger partial charge in [0.15, 0.2) is 5.82 Å². The number of imidazole rings is 1. The SMILES string of the molecule is CCn1cnnc1Cn1c(=O)[nH]c2cc(C(=O)O)ccc21. The number of nitrogens with one attached hydrogen (secondary N) is 1. The molecule has 3 aromatic rings. The van der Waals surface area contributed by atoms with Gasteiger partial charge in [0.05, 0.1) is 23.1 Å². The van der Waals surface area contributed by atoms with E-state index in [0.717, 1.165) is 0 Å². The molecule has 0 aliphatic heterocycles. The fraction of sp³-hybridized carbons (Fsp3) is 0.231. The number of benzene rings is 1. The molecule has 21 heavy (non-hydrogen) atoms. The van der Waals surface area contributed by atoms with Crippen LogP contribution in [-0.4, -0.2) is 35.4 Å². The lowest BCUT2D eigenvalue weighted by Crippen LogP contribution is -2.19. The van der Waals surface area contributed by atoms with E-state index < -0.39 is 5.97 Å². The average Bonchev–Trinajstić information content (AvgIpc) is 3.03. The molecule has 0 saturated carbocycles. The lowest BCUT2D eigenvalue weighted by atomic mass is 10.2. The zero-order valence-electron chi connectivity index (χ0n) is 11.3. The minimum atomic E-state index is -1.03. The molecule has 0 aliphatic carbocycles. The molecule has 0 amide bonds. The zero-order valence-corrected chi connectivity index (χ0v) is 11.3. The van der Waals surface area contributed by atoms with Gasteiger partial charge in [0.1, 0.15) is 6.33 Å². The number of aromatic nitrogens is 5. The van der Waals surface area contributed by atoms with Crippen LogP contribution in [0.4, 0.5) is 0 Å². The van der Waals surface area contributed by atoms with E-state index >= 15 is 0 Å². The largest absolute Gasteiger partial charge is 0.478 e. The van der Waals surface area contributed by atoms with Crippen LogP contribution >= 0.6 is 0 Å². The summed E-state index contributed by atoms with van der Waals surface area (Å²) in [6, 6.07) is 4.53. The summed E-state index contributed by atoms with van der Waals surface area (Å²) in [4.78, 5) is 25.7. The summed E-state index contributed by atoms with van der Waals surface area (Å²) in [5.41, 5.74) is 0.948. The fourth-order valence-electron chi connectivity index (χ4n) is 2.26. The molecule has 0 saturated heterocycles. The van der Waals surface area contributed by atoms with Crippen molar-refractivity contribution < 1.29 is 9.90 Å². The average molecular weight is 287 g/mol. The summed E-state index contributed by atoms with van der Waals surface area (Å²) in [6.07, 6.45) is 1.61. The summed E-state index contributed by atoms with van der Waals surface area (Å²) in [5.74, 6) is -0.362. The molecule has 0 bridgehead atoms. The van der Waals surface area contributed by atoms with Crippen molar-refractivity contribution in [3.63, 3.8) is 0 Å². The molecule has 2 N–H and O–H groups in total. The van der Waals surface area contributed by atoms with Crippen LogP contribution in [-0.2, 0) is 13.1 Å². The monoisotopic (exact) mass is 287 g/mol. The van der Waals surface area contributed by atoms with Gasteiger partial charge in [-0.05, 0) is 25.1 Å². The molecule has 2 aromatic heterocycles. The Balaban J connectivity index is 2.09. The Morgan fingerprint density at radius 2 is 2.24 bits per heavy atom. The first-order valence-electron chi connectivity index (χ1n) is 6.42. The number of hydrogen-bond donors (Lipinski definition) is 2. The second-order valence-electron chi connectivity index (χ2n) is 4.59. The Bertz CT molecular complexity index is 873. The van der Waals surface area contributed by atoms with E-state index in [4.69, 9.17) is 5.11 Å². The number of H-pyrrole nitrogens is 1. The number of carboxylic acid groups (broad SMARTS) is 1. The van der Waals surface area contributed by atoms with Gasteiger partial charge in [-0.15, -0.1) is 10.2 Å². The molecule has 108 valence electrons. The summed E-state index contributed by atoms with van der Waals surface area (Å²) in [7, 11) is 0. The van der Waals surface area contributed by atoms with Crippen LogP contribution in [0.15, 0.2) is 29.3 Å². The Morgan fingerprint density at radius 1 is 1.43 bits per heavy atom. The smallest absolute Gasteiger partial charge is 0.335 e. The van der Waals surface area contributed by atoms with Crippen molar-refractivity contribution >= 4 is 17.0 Å². The van der Waals surface area contributed by atoms with Crippen molar-refractivity contribution in [3.05, 3.63) is 46.4 Å². The third-order valence-electron chi connectivity index (χ3n) is 3.36. The Labute approximate surface area is 118 Å². The predicted octanol–water partition coefficient (Wildman–Crippen LogP) is 0.687. The highest BCUT2D eigenvalue weighted by atomic mass is 16.4. The molecule has 3 rings (SSSR count). The minimum absolute atomic E-state index is 0.132. The van der Waals surface area contributed by atoms with Crippen LogP contribution in [0.5, 0.6) is 0 Å². The maximum Gasteiger partial charge on any atom is 0.335 e. The summed E-state index contributed by atoms with van der Waals surface area (Å²) in [6.45, 7) is 2.95. The van der Waals surface area contributed by atoms with Gasteiger partial charge >= 0.3 is 11.7 Å². The molecule has 8 heteroatoms. The summed E-state index contributed by atoms with van der Waals surface area (Å²) in [5, 5.41) is 16.8. The molecule has 0 fully saturated rings. The van der Waals surface area contributed by atoms with Crippen molar-refractivity contribution in [2.45, 2.75) is 20.0 Å². The van der Waals surface area contributed by atoms with Gasteiger partial charge in [-0.1, -0.05) is 0 Å². The first-order chi connectivity index (χ1) is 10.1. The highest BCUT2D eigenvalue weighted by Crippen LogP contribution is 2.14. The number of aromatic amines is 1. The number of carboxylic acids is 1. The van der Waals surface area contributed by atoms with Gasteiger partial charge in [0, 0.05) is 6.54 Å². The molecule has 0 aliphatic rings. The molecule has 1 aromatic carbocycles. The topological polar surface area (TPSA) is 106 Å². The Hall–Kier alpha value is -2.90.